The van der Waals surface area contributed by atoms with E-state index >= 15 is 0 Å². The standard InChI is InChI=1S/C19H21N3O3S2/c1-13-12-22(19(23)14-5-6-14)17-10-16(7-8-18(17)26-13)27(24,25)21-11-15-4-2-3-9-20-15/h2-4,7-10,13-14,21H,5-6,11-12H2,1H3. The minimum Gasteiger partial charge on any atom is -0.310 e. The van der Waals surface area contributed by atoms with Crippen LogP contribution in [0.2, 0.25) is 0 Å². The molecule has 1 aromatic heterocycles. The highest BCUT2D eigenvalue weighted by Gasteiger charge is 2.37. The van der Waals surface area contributed by atoms with Crippen LogP contribution in [0.1, 0.15) is 25.5 Å². The van der Waals surface area contributed by atoms with Crippen molar-refractivity contribution >= 4 is 33.4 Å². The minimum atomic E-state index is -3.70. The molecule has 0 radical (unpaired) electrons. The summed E-state index contributed by atoms with van der Waals surface area (Å²) in [5, 5.41) is 0.282. The van der Waals surface area contributed by atoms with Crippen molar-refractivity contribution in [3.63, 3.8) is 0 Å². The fourth-order valence-corrected chi connectivity index (χ4v) is 5.21. The topological polar surface area (TPSA) is 79.4 Å². The highest BCUT2D eigenvalue weighted by Crippen LogP contribution is 2.42. The number of nitrogens with one attached hydrogen (secondary N) is 1. The molecule has 6 nitrogen and oxygen atoms in total. The van der Waals surface area contributed by atoms with Gasteiger partial charge in [-0.2, -0.15) is 0 Å². The minimum absolute atomic E-state index is 0.0932. The summed E-state index contributed by atoms with van der Waals surface area (Å²) in [5.41, 5.74) is 1.35. The molecule has 1 fully saturated rings. The summed E-state index contributed by atoms with van der Waals surface area (Å²) in [6.45, 7) is 2.81. The highest BCUT2D eigenvalue weighted by molar-refractivity contribution is 8.00. The van der Waals surface area contributed by atoms with Gasteiger partial charge in [-0.25, -0.2) is 13.1 Å². The lowest BCUT2D eigenvalue weighted by Gasteiger charge is -2.33. The van der Waals surface area contributed by atoms with Gasteiger partial charge in [-0.1, -0.05) is 13.0 Å². The Morgan fingerprint density at radius 1 is 1.30 bits per heavy atom. The number of thioether (sulfide) groups is 1. The summed E-state index contributed by atoms with van der Waals surface area (Å²) in [6.07, 6.45) is 3.48. The van der Waals surface area contributed by atoms with Gasteiger partial charge in [0.05, 0.1) is 22.8 Å². The normalized spacial score (nSPS) is 19.6. The van der Waals surface area contributed by atoms with Crippen molar-refractivity contribution in [2.24, 2.45) is 5.92 Å². The van der Waals surface area contributed by atoms with Gasteiger partial charge >= 0.3 is 0 Å². The first-order valence-electron chi connectivity index (χ1n) is 8.96. The van der Waals surface area contributed by atoms with Crippen molar-refractivity contribution in [3.8, 4) is 0 Å². The van der Waals surface area contributed by atoms with E-state index in [1.165, 1.54) is 0 Å². The average molecular weight is 404 g/mol. The highest BCUT2D eigenvalue weighted by atomic mass is 32.2. The van der Waals surface area contributed by atoms with E-state index in [1.807, 2.05) is 6.07 Å². The van der Waals surface area contributed by atoms with Gasteiger partial charge < -0.3 is 4.90 Å². The van der Waals surface area contributed by atoms with Crippen LogP contribution in [0.5, 0.6) is 0 Å². The maximum atomic E-state index is 12.7. The molecular formula is C19H21N3O3S2. The number of fused-ring (bicyclic) bond motifs is 1. The Balaban J connectivity index is 1.60. The zero-order chi connectivity index (χ0) is 19.0. The molecule has 1 aromatic carbocycles. The lowest BCUT2D eigenvalue weighted by molar-refractivity contribution is -0.119. The zero-order valence-electron chi connectivity index (χ0n) is 15.0. The Labute approximate surface area is 163 Å². The van der Waals surface area contributed by atoms with E-state index in [0.717, 1.165) is 17.7 Å². The molecule has 0 saturated heterocycles. The predicted octanol–water partition coefficient (Wildman–Crippen LogP) is 2.80. The Morgan fingerprint density at radius 3 is 2.81 bits per heavy atom. The van der Waals surface area contributed by atoms with Crippen LogP contribution in [0.15, 0.2) is 52.4 Å². The Morgan fingerprint density at radius 2 is 2.11 bits per heavy atom. The molecule has 142 valence electrons. The number of aromatic nitrogens is 1. The summed E-state index contributed by atoms with van der Waals surface area (Å²) in [6, 6.07) is 10.4. The number of nitrogens with zero attached hydrogens (tertiary/aromatic N) is 2. The van der Waals surface area contributed by atoms with Crippen molar-refractivity contribution in [2.75, 3.05) is 11.4 Å². The van der Waals surface area contributed by atoms with Crippen molar-refractivity contribution in [1.82, 2.24) is 9.71 Å². The fraction of sp³-hybridized carbons (Fsp3) is 0.368. The van der Waals surface area contributed by atoms with Crippen LogP contribution in [-0.4, -0.2) is 31.1 Å². The fourth-order valence-electron chi connectivity index (χ4n) is 3.10. The predicted molar refractivity (Wildman–Crippen MR) is 105 cm³/mol. The second-order valence-corrected chi connectivity index (χ2v) is 10.2. The first-order chi connectivity index (χ1) is 12.9. The molecule has 1 atom stereocenters. The summed E-state index contributed by atoms with van der Waals surface area (Å²) in [7, 11) is -3.70. The van der Waals surface area contributed by atoms with E-state index in [1.54, 1.807) is 53.2 Å². The van der Waals surface area contributed by atoms with Crippen LogP contribution >= 0.6 is 11.8 Å². The van der Waals surface area contributed by atoms with Crippen molar-refractivity contribution in [3.05, 3.63) is 48.3 Å². The van der Waals surface area contributed by atoms with E-state index < -0.39 is 10.0 Å². The van der Waals surface area contributed by atoms with Crippen molar-refractivity contribution < 1.29 is 13.2 Å². The lowest BCUT2D eigenvalue weighted by Crippen LogP contribution is -2.39. The number of sulfonamides is 1. The molecule has 1 aliphatic heterocycles. The van der Waals surface area contributed by atoms with Gasteiger partial charge in [0.15, 0.2) is 0 Å². The summed E-state index contributed by atoms with van der Waals surface area (Å²) in [5.74, 6) is 0.204. The van der Waals surface area contributed by atoms with Gasteiger partial charge in [-0.3, -0.25) is 9.78 Å². The Bertz CT molecular complexity index is 959. The van der Waals surface area contributed by atoms with Crippen molar-refractivity contribution in [2.45, 2.75) is 41.4 Å². The van der Waals surface area contributed by atoms with Gasteiger partial charge in [0.2, 0.25) is 15.9 Å². The van der Waals surface area contributed by atoms with E-state index in [4.69, 9.17) is 0 Å². The molecule has 1 aliphatic carbocycles. The van der Waals surface area contributed by atoms with E-state index in [2.05, 4.69) is 16.6 Å². The third-order valence-corrected chi connectivity index (χ3v) is 7.21. The molecule has 1 amide bonds. The van der Waals surface area contributed by atoms with E-state index in [-0.39, 0.29) is 28.5 Å². The molecule has 0 spiro atoms. The van der Waals surface area contributed by atoms with Crippen LogP contribution in [0.25, 0.3) is 0 Å². The van der Waals surface area contributed by atoms with Crippen molar-refractivity contribution in [1.29, 1.82) is 0 Å². The van der Waals surface area contributed by atoms with Gasteiger partial charge in [0.25, 0.3) is 0 Å². The second kappa shape index (κ2) is 7.26. The smallest absolute Gasteiger partial charge is 0.240 e. The molecule has 4 rings (SSSR count). The monoisotopic (exact) mass is 403 g/mol. The largest absolute Gasteiger partial charge is 0.310 e. The third-order valence-electron chi connectivity index (χ3n) is 4.66. The van der Waals surface area contributed by atoms with Crippen LogP contribution in [0.4, 0.5) is 5.69 Å². The molecule has 1 unspecified atom stereocenters. The molecule has 2 aliphatic rings. The summed E-state index contributed by atoms with van der Waals surface area (Å²) in [4.78, 5) is 19.7. The Hall–Kier alpha value is -1.90. The number of benzene rings is 1. The first kappa shape index (κ1) is 18.5. The second-order valence-electron chi connectivity index (χ2n) is 6.93. The molecule has 8 heteroatoms. The molecule has 27 heavy (non-hydrogen) atoms. The molecule has 1 saturated carbocycles. The number of anilines is 1. The number of carbonyl (C=O) groups is 1. The van der Waals surface area contributed by atoms with Gasteiger partial charge in [-0.15, -0.1) is 11.8 Å². The molecule has 2 aromatic rings. The van der Waals surface area contributed by atoms with Gasteiger partial charge in [-0.05, 0) is 43.2 Å². The molecule has 2 heterocycles. The van der Waals surface area contributed by atoms with E-state index in [9.17, 15) is 13.2 Å². The van der Waals surface area contributed by atoms with Crippen LogP contribution in [0, 0.1) is 5.92 Å². The van der Waals surface area contributed by atoms with Crippen LogP contribution in [-0.2, 0) is 21.4 Å². The maximum absolute atomic E-state index is 12.7. The quantitative estimate of drug-likeness (QED) is 0.830. The SMILES string of the molecule is CC1CN(C(=O)C2CC2)c2cc(S(=O)(=O)NCc3ccccn3)ccc2S1. The Kier molecular flexibility index (Phi) is 4.96. The summed E-state index contributed by atoms with van der Waals surface area (Å²) < 4.78 is 28.0. The van der Waals surface area contributed by atoms with Gasteiger partial charge in [0, 0.05) is 28.8 Å². The number of rotatable bonds is 5. The number of hydrogen-bond donors (Lipinski definition) is 1. The van der Waals surface area contributed by atoms with E-state index in [0.29, 0.717) is 17.9 Å². The first-order valence-corrected chi connectivity index (χ1v) is 11.3. The molecular weight excluding hydrogens is 382 g/mol. The number of pyridine rings is 1. The molecule has 0 bridgehead atoms. The lowest BCUT2D eigenvalue weighted by atomic mass is 10.2. The number of amides is 1. The third kappa shape index (κ3) is 4.02. The van der Waals surface area contributed by atoms with Crippen LogP contribution in [0.3, 0.4) is 0 Å². The maximum Gasteiger partial charge on any atom is 0.240 e. The number of hydrogen-bond acceptors (Lipinski definition) is 5. The van der Waals surface area contributed by atoms with Gasteiger partial charge in [0.1, 0.15) is 0 Å². The zero-order valence-corrected chi connectivity index (χ0v) is 16.6. The van der Waals surface area contributed by atoms with Crippen LogP contribution < -0.4 is 9.62 Å². The number of carbonyl (C=O) groups excluding carboxylic acids is 1. The average Bonchev–Trinajstić information content (AvgIpc) is 3.51. The molecule has 1 N–H and O–H groups in total. The summed E-state index contributed by atoms with van der Waals surface area (Å²) >= 11 is 1.68.